The average Bonchev–Trinajstić information content (AvgIpc) is 3.25. The summed E-state index contributed by atoms with van der Waals surface area (Å²) < 4.78 is 12.2. The number of ether oxygens (including phenoxy) is 2. The van der Waals surface area contributed by atoms with Crippen LogP contribution in [0, 0.1) is 0 Å². The molecule has 5 heteroatoms. The fraction of sp³-hybridized carbons (Fsp3) is 0.333. The van der Waals surface area contributed by atoms with Crippen molar-refractivity contribution in [3.8, 4) is 17.4 Å². The van der Waals surface area contributed by atoms with E-state index in [1.54, 1.807) is 6.07 Å². The van der Waals surface area contributed by atoms with Gasteiger partial charge in [0.1, 0.15) is 10.4 Å². The van der Waals surface area contributed by atoms with Crippen molar-refractivity contribution in [1.29, 1.82) is 0 Å². The van der Waals surface area contributed by atoms with E-state index in [-0.39, 0.29) is 0 Å². The molecule has 0 N–H and O–H groups in total. The van der Waals surface area contributed by atoms with E-state index in [0.717, 1.165) is 29.0 Å². The molecule has 1 aromatic carbocycles. The first-order valence-corrected chi connectivity index (χ1v) is 7.49. The first kappa shape index (κ1) is 13.4. The molecule has 0 aliphatic heterocycles. The number of aromatic nitrogens is 2. The molecule has 1 aromatic heterocycles. The van der Waals surface area contributed by atoms with Gasteiger partial charge in [-0.3, -0.25) is 0 Å². The van der Waals surface area contributed by atoms with E-state index < -0.39 is 0 Å². The lowest BCUT2D eigenvalue weighted by atomic mass is 10.3. The van der Waals surface area contributed by atoms with Gasteiger partial charge in [-0.25, -0.2) is 4.98 Å². The largest absolute Gasteiger partial charge is 0.490 e. The van der Waals surface area contributed by atoms with Gasteiger partial charge >= 0.3 is 0 Å². The molecule has 20 heavy (non-hydrogen) atoms. The van der Waals surface area contributed by atoms with Crippen molar-refractivity contribution in [2.75, 3.05) is 6.61 Å². The molecule has 3 rings (SSSR count). The minimum atomic E-state index is 0.483. The van der Waals surface area contributed by atoms with Crippen molar-refractivity contribution in [3.63, 3.8) is 0 Å². The van der Waals surface area contributed by atoms with Gasteiger partial charge in [-0.15, -0.1) is 0 Å². The Hall–Kier alpha value is -1.62. The van der Waals surface area contributed by atoms with E-state index in [1.807, 2.05) is 31.2 Å². The SMILES string of the molecule is CCOc1ccccc1Oc1cc(Br)nc(C2CC2)n1. The summed E-state index contributed by atoms with van der Waals surface area (Å²) in [7, 11) is 0. The maximum absolute atomic E-state index is 5.86. The van der Waals surface area contributed by atoms with Crippen LogP contribution in [0.4, 0.5) is 0 Å². The molecule has 0 unspecified atom stereocenters. The van der Waals surface area contributed by atoms with Gasteiger partial charge in [0.15, 0.2) is 11.5 Å². The van der Waals surface area contributed by atoms with Crippen LogP contribution in [-0.2, 0) is 0 Å². The molecule has 1 aliphatic carbocycles. The molecular formula is C15H15BrN2O2. The zero-order chi connectivity index (χ0) is 13.9. The lowest BCUT2D eigenvalue weighted by Gasteiger charge is -2.11. The Balaban J connectivity index is 1.87. The summed E-state index contributed by atoms with van der Waals surface area (Å²) in [4.78, 5) is 8.86. The Morgan fingerprint density at radius 2 is 1.95 bits per heavy atom. The molecule has 1 aliphatic rings. The zero-order valence-corrected chi connectivity index (χ0v) is 12.8. The second kappa shape index (κ2) is 5.79. The standard InChI is InChI=1S/C15H15BrN2O2/c1-2-19-11-5-3-4-6-12(11)20-14-9-13(16)17-15(18-14)10-7-8-10/h3-6,9-10H,2,7-8H2,1H3. The van der Waals surface area contributed by atoms with E-state index >= 15 is 0 Å². The van der Waals surface area contributed by atoms with Crippen molar-refractivity contribution in [3.05, 3.63) is 40.8 Å². The van der Waals surface area contributed by atoms with Gasteiger partial charge in [0.25, 0.3) is 0 Å². The highest BCUT2D eigenvalue weighted by molar-refractivity contribution is 9.10. The van der Waals surface area contributed by atoms with Crippen LogP contribution in [0.3, 0.4) is 0 Å². The van der Waals surface area contributed by atoms with Crippen molar-refractivity contribution in [2.45, 2.75) is 25.7 Å². The van der Waals surface area contributed by atoms with E-state index in [4.69, 9.17) is 9.47 Å². The Morgan fingerprint density at radius 1 is 1.20 bits per heavy atom. The average molecular weight is 335 g/mol. The molecule has 104 valence electrons. The second-order valence-electron chi connectivity index (χ2n) is 4.64. The molecule has 0 spiro atoms. The number of nitrogens with zero attached hydrogens (tertiary/aromatic N) is 2. The minimum absolute atomic E-state index is 0.483. The third kappa shape index (κ3) is 3.10. The van der Waals surface area contributed by atoms with Gasteiger partial charge in [-0.2, -0.15) is 4.98 Å². The number of rotatable bonds is 5. The van der Waals surface area contributed by atoms with Crippen LogP contribution in [0.15, 0.2) is 34.9 Å². The summed E-state index contributed by atoms with van der Waals surface area (Å²) in [6.45, 7) is 2.55. The van der Waals surface area contributed by atoms with E-state index in [9.17, 15) is 0 Å². The number of halogens is 1. The van der Waals surface area contributed by atoms with Gasteiger partial charge < -0.3 is 9.47 Å². The minimum Gasteiger partial charge on any atom is -0.490 e. The highest BCUT2D eigenvalue weighted by Gasteiger charge is 2.27. The van der Waals surface area contributed by atoms with E-state index in [0.29, 0.717) is 24.2 Å². The van der Waals surface area contributed by atoms with Gasteiger partial charge in [-0.05, 0) is 47.8 Å². The summed E-state index contributed by atoms with van der Waals surface area (Å²) in [6, 6.07) is 9.36. The highest BCUT2D eigenvalue weighted by atomic mass is 79.9. The molecule has 0 bridgehead atoms. The van der Waals surface area contributed by atoms with Crippen LogP contribution in [0.25, 0.3) is 0 Å². The first-order chi connectivity index (χ1) is 9.76. The Labute approximate surface area is 126 Å². The molecule has 1 fully saturated rings. The predicted octanol–water partition coefficient (Wildman–Crippen LogP) is 4.31. The molecule has 0 atom stereocenters. The third-order valence-corrected chi connectivity index (χ3v) is 3.40. The first-order valence-electron chi connectivity index (χ1n) is 6.70. The van der Waals surface area contributed by atoms with Crippen molar-refractivity contribution in [1.82, 2.24) is 9.97 Å². The van der Waals surface area contributed by atoms with Gasteiger partial charge in [-0.1, -0.05) is 12.1 Å². The highest BCUT2D eigenvalue weighted by Crippen LogP contribution is 2.39. The third-order valence-electron chi connectivity index (χ3n) is 2.99. The maximum Gasteiger partial charge on any atom is 0.223 e. The molecule has 1 saturated carbocycles. The Morgan fingerprint density at radius 3 is 2.65 bits per heavy atom. The maximum atomic E-state index is 5.86. The van der Waals surface area contributed by atoms with E-state index in [2.05, 4.69) is 25.9 Å². The molecule has 0 saturated heterocycles. The van der Waals surface area contributed by atoms with Gasteiger partial charge in [0, 0.05) is 12.0 Å². The van der Waals surface area contributed by atoms with Gasteiger partial charge in [0.05, 0.1) is 6.61 Å². The number of para-hydroxylation sites is 2. The van der Waals surface area contributed by atoms with Crippen molar-refractivity contribution < 1.29 is 9.47 Å². The molecule has 0 amide bonds. The molecule has 2 aromatic rings. The quantitative estimate of drug-likeness (QED) is 0.764. The van der Waals surface area contributed by atoms with Crippen LogP contribution in [0.2, 0.25) is 0 Å². The van der Waals surface area contributed by atoms with Gasteiger partial charge in [0.2, 0.25) is 5.88 Å². The van der Waals surface area contributed by atoms with Crippen LogP contribution in [0.5, 0.6) is 17.4 Å². The van der Waals surface area contributed by atoms with Crippen LogP contribution >= 0.6 is 15.9 Å². The zero-order valence-electron chi connectivity index (χ0n) is 11.2. The molecular weight excluding hydrogens is 320 g/mol. The molecule has 1 heterocycles. The summed E-state index contributed by atoms with van der Waals surface area (Å²) >= 11 is 3.41. The second-order valence-corrected chi connectivity index (χ2v) is 5.46. The lowest BCUT2D eigenvalue weighted by molar-refractivity contribution is 0.319. The van der Waals surface area contributed by atoms with Crippen LogP contribution in [0.1, 0.15) is 31.5 Å². The van der Waals surface area contributed by atoms with Crippen molar-refractivity contribution >= 4 is 15.9 Å². The number of hydrogen-bond acceptors (Lipinski definition) is 4. The van der Waals surface area contributed by atoms with E-state index in [1.165, 1.54) is 0 Å². The molecule has 4 nitrogen and oxygen atoms in total. The Bertz CT molecular complexity index is 615. The smallest absolute Gasteiger partial charge is 0.223 e. The number of benzene rings is 1. The summed E-state index contributed by atoms with van der Waals surface area (Å²) in [6.07, 6.45) is 2.32. The topological polar surface area (TPSA) is 44.2 Å². The Kier molecular flexibility index (Phi) is 3.87. The normalized spacial score (nSPS) is 14.1. The van der Waals surface area contributed by atoms with Crippen molar-refractivity contribution in [2.24, 2.45) is 0 Å². The lowest BCUT2D eigenvalue weighted by Crippen LogP contribution is -1.98. The summed E-state index contributed by atoms with van der Waals surface area (Å²) in [5, 5.41) is 0. The van der Waals surface area contributed by atoms with Crippen LogP contribution < -0.4 is 9.47 Å². The molecule has 0 radical (unpaired) electrons. The fourth-order valence-corrected chi connectivity index (χ4v) is 2.29. The summed E-state index contributed by atoms with van der Waals surface area (Å²) in [5.74, 6) is 3.26. The van der Waals surface area contributed by atoms with Crippen LogP contribution in [-0.4, -0.2) is 16.6 Å². The summed E-state index contributed by atoms with van der Waals surface area (Å²) in [5.41, 5.74) is 0. The predicted molar refractivity (Wildman–Crippen MR) is 79.4 cm³/mol. The fourth-order valence-electron chi connectivity index (χ4n) is 1.91. The number of hydrogen-bond donors (Lipinski definition) is 0. The monoisotopic (exact) mass is 334 g/mol.